The van der Waals surface area contributed by atoms with E-state index in [0.717, 1.165) is 72.8 Å². The number of aryl methyl sites for hydroxylation is 5. The normalized spacial score (nSPS) is 10.5. The van der Waals surface area contributed by atoms with Crippen LogP contribution in [0.3, 0.4) is 0 Å². The average Bonchev–Trinajstić information content (AvgIpc) is 3.34. The second-order valence-corrected chi connectivity index (χ2v) is 22.5. The van der Waals surface area contributed by atoms with Crippen molar-refractivity contribution in [2.75, 3.05) is 6.61 Å². The Morgan fingerprint density at radius 1 is 0.220 bits per heavy atom. The van der Waals surface area contributed by atoms with Gasteiger partial charge in [0.2, 0.25) is 0 Å². The summed E-state index contributed by atoms with van der Waals surface area (Å²) >= 11 is 0. The number of benzene rings is 6. The highest BCUT2D eigenvalue weighted by molar-refractivity contribution is 5.78. The summed E-state index contributed by atoms with van der Waals surface area (Å²) in [6, 6.07) is 44.0. The molecule has 82 heavy (non-hydrogen) atoms. The van der Waals surface area contributed by atoms with Gasteiger partial charge in [-0.1, -0.05) is 271 Å². The molecular weight excluding hydrogens is 989 g/mol. The van der Waals surface area contributed by atoms with Crippen molar-refractivity contribution in [2.45, 2.75) is 221 Å². The van der Waals surface area contributed by atoms with Crippen LogP contribution in [0.5, 0.6) is 5.75 Å². The molecule has 0 aromatic heterocycles. The first-order chi connectivity index (χ1) is 40.4. The van der Waals surface area contributed by atoms with Crippen molar-refractivity contribution in [2.24, 2.45) is 0 Å². The number of hydrogen-bond acceptors (Lipinski definition) is 1. The summed E-state index contributed by atoms with van der Waals surface area (Å²) < 4.78 is 7.23. The van der Waals surface area contributed by atoms with Gasteiger partial charge in [0, 0.05) is 27.8 Å². The molecule has 0 aliphatic rings. The maximum atomic E-state index is 7.23. The predicted molar refractivity (Wildman–Crippen MR) is 353 cm³/mol. The third kappa shape index (κ3) is 23.0. The molecular formula is C81H96O. The molecule has 1 nitrogen and oxygen atoms in total. The molecule has 0 fully saturated rings. The number of rotatable bonds is 30. The van der Waals surface area contributed by atoms with E-state index < -0.39 is 0 Å². The molecule has 0 unspecified atom stereocenters. The molecule has 0 N–H and O–H groups in total. The van der Waals surface area contributed by atoms with Crippen LogP contribution in [0.25, 0.3) is 0 Å². The Morgan fingerprint density at radius 2 is 0.427 bits per heavy atom. The summed E-state index contributed by atoms with van der Waals surface area (Å²) in [5.41, 5.74) is 14.9. The van der Waals surface area contributed by atoms with Gasteiger partial charge in [0.05, 0.1) is 34.4 Å². The van der Waals surface area contributed by atoms with Crippen LogP contribution >= 0.6 is 0 Å². The topological polar surface area (TPSA) is 9.23 Å². The molecule has 0 saturated heterocycles. The first kappa shape index (κ1) is 64.1. The summed E-state index contributed by atoms with van der Waals surface area (Å²) in [5.74, 6) is 37.5. The summed E-state index contributed by atoms with van der Waals surface area (Å²) in [6.45, 7) is 14.1. The fraction of sp³-hybridized carbons (Fsp3) is 0.432. The predicted octanol–water partition coefficient (Wildman–Crippen LogP) is 20.9. The zero-order valence-corrected chi connectivity index (χ0v) is 51.5. The van der Waals surface area contributed by atoms with Crippen molar-refractivity contribution in [3.8, 4) is 65.0 Å². The average molecular weight is 1090 g/mol. The SMILES string of the molecule is CCCCCCCCCCOc1c(C#Cc2ccc(CCCCC)cc2)c(C#Cc2ccc(CCCCC)cc2)c(C#Cc2ccc(CCCCC)cc2)c(C#Cc2ccc(CCCCC)cc2)c1C#Cc1ccc(CCCCC)cc1. The van der Waals surface area contributed by atoms with Crippen molar-refractivity contribution in [1.29, 1.82) is 0 Å². The van der Waals surface area contributed by atoms with Gasteiger partial charge >= 0.3 is 0 Å². The van der Waals surface area contributed by atoms with Crippen LogP contribution in [0.15, 0.2) is 121 Å². The largest absolute Gasteiger partial charge is 0.491 e. The van der Waals surface area contributed by atoms with E-state index in [2.05, 4.69) is 222 Å². The Labute approximate surface area is 499 Å². The van der Waals surface area contributed by atoms with Crippen molar-refractivity contribution in [3.63, 3.8) is 0 Å². The molecule has 0 bridgehead atoms. The molecule has 0 aliphatic heterocycles. The second-order valence-electron chi connectivity index (χ2n) is 22.5. The van der Waals surface area contributed by atoms with Crippen molar-refractivity contribution in [1.82, 2.24) is 0 Å². The van der Waals surface area contributed by atoms with Crippen LogP contribution < -0.4 is 4.74 Å². The summed E-state index contributed by atoms with van der Waals surface area (Å²) in [5, 5.41) is 0. The molecule has 6 aromatic rings. The lowest BCUT2D eigenvalue weighted by Crippen LogP contribution is -2.08. The summed E-state index contributed by atoms with van der Waals surface area (Å²) in [4.78, 5) is 0. The van der Waals surface area contributed by atoms with Gasteiger partial charge in [-0.2, -0.15) is 0 Å². The Morgan fingerprint density at radius 3 is 0.683 bits per heavy atom. The van der Waals surface area contributed by atoms with E-state index in [1.54, 1.807) is 0 Å². The van der Waals surface area contributed by atoms with E-state index in [-0.39, 0.29) is 0 Å². The van der Waals surface area contributed by atoms with Crippen molar-refractivity contribution >= 4 is 0 Å². The van der Waals surface area contributed by atoms with E-state index in [1.807, 2.05) is 0 Å². The third-order valence-corrected chi connectivity index (χ3v) is 15.5. The molecule has 0 amide bonds. The summed E-state index contributed by atoms with van der Waals surface area (Å²) in [7, 11) is 0. The molecule has 0 radical (unpaired) electrons. The fourth-order valence-corrected chi connectivity index (χ4v) is 10.2. The summed E-state index contributed by atoms with van der Waals surface area (Å²) in [6.07, 6.45) is 33.0. The minimum absolute atomic E-state index is 0.519. The molecule has 426 valence electrons. The molecule has 0 aliphatic carbocycles. The third-order valence-electron chi connectivity index (χ3n) is 15.5. The number of unbranched alkanes of at least 4 members (excludes halogenated alkanes) is 17. The minimum atomic E-state index is 0.519. The maximum Gasteiger partial charge on any atom is 0.153 e. The standard InChI is InChI=1S/C81H96O/c1-7-13-19-20-21-22-23-29-65-82-81-79(63-58-74-51-41-69(42-52-74)33-27-17-11-5)77(61-56-72-47-37-67(38-48-72)31-25-15-9-3)76(60-55-71-45-35-66(36-46-71)30-24-14-8-2)78(62-57-73-49-39-68(40-50-73)32-26-16-10-4)80(81)64-59-75-53-43-70(44-54-75)34-28-18-12-6/h35-54H,7-34,65H2,1-6H3. The first-order valence-electron chi connectivity index (χ1n) is 32.4. The Balaban J connectivity index is 1.65. The fourth-order valence-electron chi connectivity index (χ4n) is 10.2. The van der Waals surface area contributed by atoms with E-state index in [9.17, 15) is 0 Å². The van der Waals surface area contributed by atoms with Crippen LogP contribution in [0, 0.1) is 59.2 Å². The smallest absolute Gasteiger partial charge is 0.153 e. The van der Waals surface area contributed by atoms with Gasteiger partial charge in [0.1, 0.15) is 0 Å². The van der Waals surface area contributed by atoms with Crippen molar-refractivity contribution < 1.29 is 4.74 Å². The zero-order valence-electron chi connectivity index (χ0n) is 51.5. The Hall–Kier alpha value is -7.08. The van der Waals surface area contributed by atoms with E-state index >= 15 is 0 Å². The maximum absolute atomic E-state index is 7.23. The van der Waals surface area contributed by atoms with Gasteiger partial charge in [0.25, 0.3) is 0 Å². The lowest BCUT2D eigenvalue weighted by atomic mass is 9.89. The van der Waals surface area contributed by atoms with Crippen molar-refractivity contribution in [3.05, 3.63) is 205 Å². The molecule has 0 spiro atoms. The highest BCUT2D eigenvalue weighted by Crippen LogP contribution is 2.35. The molecule has 0 atom stereocenters. The Kier molecular flexibility index (Phi) is 30.2. The number of hydrogen-bond donors (Lipinski definition) is 0. The second kappa shape index (κ2) is 38.6. The highest BCUT2D eigenvalue weighted by Gasteiger charge is 2.23. The van der Waals surface area contributed by atoms with Crippen LogP contribution in [0.4, 0.5) is 0 Å². The zero-order chi connectivity index (χ0) is 57.7. The highest BCUT2D eigenvalue weighted by atomic mass is 16.5. The lowest BCUT2D eigenvalue weighted by Gasteiger charge is -2.17. The van der Waals surface area contributed by atoms with Gasteiger partial charge in [-0.05, 0) is 159 Å². The Bertz CT molecular complexity index is 2960. The first-order valence-corrected chi connectivity index (χ1v) is 32.4. The van der Waals surface area contributed by atoms with Gasteiger partial charge in [0.15, 0.2) is 5.75 Å². The minimum Gasteiger partial charge on any atom is -0.491 e. The van der Waals surface area contributed by atoms with Crippen LogP contribution in [0.1, 0.15) is 273 Å². The van der Waals surface area contributed by atoms with Crippen LogP contribution in [-0.2, 0) is 32.1 Å². The number of ether oxygens (including phenoxy) is 1. The van der Waals surface area contributed by atoms with Crippen LogP contribution in [0.2, 0.25) is 0 Å². The molecule has 1 heteroatoms. The van der Waals surface area contributed by atoms with Gasteiger partial charge < -0.3 is 4.74 Å². The van der Waals surface area contributed by atoms with Gasteiger partial charge in [-0.3, -0.25) is 0 Å². The molecule has 6 rings (SSSR count). The van der Waals surface area contributed by atoms with E-state index in [1.165, 1.54) is 163 Å². The quantitative estimate of drug-likeness (QED) is 0.0323. The van der Waals surface area contributed by atoms with E-state index in [4.69, 9.17) is 4.74 Å². The lowest BCUT2D eigenvalue weighted by molar-refractivity contribution is 0.302. The molecule has 0 heterocycles. The molecule has 0 saturated carbocycles. The van der Waals surface area contributed by atoms with Crippen LogP contribution in [-0.4, -0.2) is 6.61 Å². The van der Waals surface area contributed by atoms with Gasteiger partial charge in [-0.15, -0.1) is 0 Å². The monoisotopic (exact) mass is 1080 g/mol. The molecule has 6 aromatic carbocycles. The van der Waals surface area contributed by atoms with E-state index in [0.29, 0.717) is 40.2 Å². The van der Waals surface area contributed by atoms with Gasteiger partial charge in [-0.25, -0.2) is 0 Å².